The van der Waals surface area contributed by atoms with E-state index in [0.717, 1.165) is 32.5 Å². The average molecular weight is 339 g/mol. The van der Waals surface area contributed by atoms with Gasteiger partial charge < -0.3 is 9.64 Å². The van der Waals surface area contributed by atoms with Crippen molar-refractivity contribution in [2.45, 2.75) is 33.7 Å². The van der Waals surface area contributed by atoms with Crippen LogP contribution in [0.3, 0.4) is 0 Å². The summed E-state index contributed by atoms with van der Waals surface area (Å²) in [5.41, 5.74) is 4.22. The number of hydrogen-bond acceptors (Lipinski definition) is 3. The summed E-state index contributed by atoms with van der Waals surface area (Å²) in [6.07, 6.45) is -0.107. The molecule has 108 valence electrons. The smallest absolute Gasteiger partial charge is 0.236 e. The van der Waals surface area contributed by atoms with E-state index in [-0.39, 0.29) is 12.3 Å². The molecule has 0 saturated carbocycles. The highest BCUT2D eigenvalue weighted by Gasteiger charge is 2.19. The molecule has 0 aliphatic heterocycles. The average Bonchev–Trinajstić information content (AvgIpc) is 2.43. The van der Waals surface area contributed by atoms with Crippen LogP contribution < -0.4 is 4.74 Å². The number of nitriles is 1. The van der Waals surface area contributed by atoms with Gasteiger partial charge >= 0.3 is 0 Å². The van der Waals surface area contributed by atoms with Crippen molar-refractivity contribution < 1.29 is 9.53 Å². The van der Waals surface area contributed by atoms with E-state index in [9.17, 15) is 4.79 Å². The lowest BCUT2D eigenvalue weighted by molar-refractivity contribution is -0.129. The Labute approximate surface area is 128 Å². The Balaban J connectivity index is 3.25. The lowest BCUT2D eigenvalue weighted by Crippen LogP contribution is -2.26. The van der Waals surface area contributed by atoms with Crippen LogP contribution in [0.4, 0.5) is 0 Å². The summed E-state index contributed by atoms with van der Waals surface area (Å²) in [6.45, 7) is 6.45. The number of ether oxygens (including phenoxy) is 1. The summed E-state index contributed by atoms with van der Waals surface area (Å²) in [5, 5.41) is 8.60. The third-order valence-corrected chi connectivity index (χ3v) is 4.73. The predicted octanol–water partition coefficient (Wildman–Crippen LogP) is 3.26. The number of rotatable bonds is 4. The Morgan fingerprint density at radius 2 is 1.90 bits per heavy atom. The summed E-state index contributed by atoms with van der Waals surface area (Å²) < 4.78 is 6.54. The minimum atomic E-state index is -0.191. The summed E-state index contributed by atoms with van der Waals surface area (Å²) in [6, 6.07) is 1.88. The van der Waals surface area contributed by atoms with Crippen LogP contribution in [0.2, 0.25) is 0 Å². The highest BCUT2D eigenvalue weighted by molar-refractivity contribution is 9.10. The monoisotopic (exact) mass is 338 g/mol. The first-order valence-corrected chi connectivity index (χ1v) is 7.07. The molecule has 0 spiro atoms. The van der Waals surface area contributed by atoms with E-state index in [1.807, 2.05) is 26.8 Å². The second kappa shape index (κ2) is 6.76. The lowest BCUT2D eigenvalue weighted by Gasteiger charge is -2.23. The molecule has 1 aromatic rings. The molecule has 0 atom stereocenters. The summed E-state index contributed by atoms with van der Waals surface area (Å²) >= 11 is 3.59. The third-order valence-electron chi connectivity index (χ3n) is 3.54. The highest BCUT2D eigenvalue weighted by Crippen LogP contribution is 2.36. The van der Waals surface area contributed by atoms with Gasteiger partial charge in [-0.1, -0.05) is 15.9 Å². The molecule has 0 bridgehead atoms. The lowest BCUT2D eigenvalue weighted by atomic mass is 9.98. The molecular weight excluding hydrogens is 320 g/mol. The molecule has 0 saturated heterocycles. The number of methoxy groups -OCH3 is 1. The van der Waals surface area contributed by atoms with E-state index in [4.69, 9.17) is 10.00 Å². The fourth-order valence-corrected chi connectivity index (χ4v) is 2.68. The fourth-order valence-electron chi connectivity index (χ4n) is 2.14. The van der Waals surface area contributed by atoms with Gasteiger partial charge in [0.25, 0.3) is 0 Å². The van der Waals surface area contributed by atoms with Crippen LogP contribution >= 0.6 is 15.9 Å². The van der Waals surface area contributed by atoms with Gasteiger partial charge in [0.15, 0.2) is 0 Å². The summed E-state index contributed by atoms with van der Waals surface area (Å²) in [7, 11) is 3.33. The van der Waals surface area contributed by atoms with Gasteiger partial charge in [0.1, 0.15) is 12.2 Å². The third kappa shape index (κ3) is 3.13. The molecule has 0 aliphatic rings. The van der Waals surface area contributed by atoms with Crippen LogP contribution in [-0.2, 0) is 11.3 Å². The molecule has 0 aliphatic carbocycles. The molecule has 0 unspecified atom stereocenters. The van der Waals surface area contributed by atoms with E-state index in [1.54, 1.807) is 19.1 Å². The molecule has 1 aromatic carbocycles. The first-order chi connectivity index (χ1) is 9.34. The maximum Gasteiger partial charge on any atom is 0.236 e. The van der Waals surface area contributed by atoms with E-state index < -0.39 is 0 Å². The van der Waals surface area contributed by atoms with E-state index in [2.05, 4.69) is 15.9 Å². The van der Waals surface area contributed by atoms with Crippen molar-refractivity contribution in [3.8, 4) is 11.8 Å². The Hall–Kier alpha value is -1.54. The number of amides is 1. The number of nitrogens with zero attached hydrogens (tertiary/aromatic N) is 2. The molecule has 5 heteroatoms. The van der Waals surface area contributed by atoms with Gasteiger partial charge in [-0.3, -0.25) is 4.79 Å². The number of benzene rings is 1. The molecule has 20 heavy (non-hydrogen) atoms. The molecule has 0 fully saturated rings. The van der Waals surface area contributed by atoms with E-state index in [0.29, 0.717) is 6.54 Å². The van der Waals surface area contributed by atoms with Crippen molar-refractivity contribution in [1.82, 2.24) is 4.90 Å². The first kappa shape index (κ1) is 16.5. The maximum absolute atomic E-state index is 11.7. The molecule has 0 radical (unpaired) electrons. The summed E-state index contributed by atoms with van der Waals surface area (Å²) in [5.74, 6) is 0.614. The highest BCUT2D eigenvalue weighted by atomic mass is 79.9. The van der Waals surface area contributed by atoms with Gasteiger partial charge in [-0.2, -0.15) is 5.26 Å². The molecule has 0 N–H and O–H groups in total. The molecule has 0 aromatic heterocycles. The van der Waals surface area contributed by atoms with Gasteiger partial charge in [-0.05, 0) is 37.5 Å². The topological polar surface area (TPSA) is 53.3 Å². The largest absolute Gasteiger partial charge is 0.496 e. The van der Waals surface area contributed by atoms with Crippen LogP contribution in [0.5, 0.6) is 5.75 Å². The van der Waals surface area contributed by atoms with Crippen molar-refractivity contribution in [1.29, 1.82) is 5.26 Å². The van der Waals surface area contributed by atoms with Gasteiger partial charge in [0.05, 0.1) is 13.2 Å². The zero-order valence-electron chi connectivity index (χ0n) is 12.5. The van der Waals surface area contributed by atoms with Crippen molar-refractivity contribution in [2.75, 3.05) is 14.2 Å². The number of hydrogen-bond donors (Lipinski definition) is 0. The van der Waals surface area contributed by atoms with Gasteiger partial charge in [-0.25, -0.2) is 0 Å². The molecule has 1 rings (SSSR count). The fraction of sp³-hybridized carbons (Fsp3) is 0.467. The van der Waals surface area contributed by atoms with Crippen molar-refractivity contribution in [3.63, 3.8) is 0 Å². The number of carbonyl (C=O) groups excluding carboxylic acids is 1. The van der Waals surface area contributed by atoms with Crippen LogP contribution in [0.1, 0.15) is 28.7 Å². The van der Waals surface area contributed by atoms with Crippen LogP contribution in [-0.4, -0.2) is 25.0 Å². The van der Waals surface area contributed by atoms with Crippen molar-refractivity contribution in [2.24, 2.45) is 0 Å². The normalized spacial score (nSPS) is 10.1. The maximum atomic E-state index is 11.7. The number of carbonyl (C=O) groups is 1. The Morgan fingerprint density at radius 1 is 1.30 bits per heavy atom. The second-order valence-electron chi connectivity index (χ2n) is 4.79. The first-order valence-electron chi connectivity index (χ1n) is 6.28. The minimum Gasteiger partial charge on any atom is -0.496 e. The Bertz CT molecular complexity index is 576. The second-order valence-corrected chi connectivity index (χ2v) is 5.58. The summed E-state index contributed by atoms with van der Waals surface area (Å²) in [4.78, 5) is 13.3. The van der Waals surface area contributed by atoms with Crippen molar-refractivity contribution in [3.05, 3.63) is 26.7 Å². The van der Waals surface area contributed by atoms with Gasteiger partial charge in [0.2, 0.25) is 5.91 Å². The quantitative estimate of drug-likeness (QED) is 0.846. The standard InChI is InChI=1S/C15H19BrN2O2/c1-9-10(2)15(20-5)12(11(3)14(9)16)8-18(4)13(19)6-7-17/h6,8H2,1-5H3. The SMILES string of the molecule is COc1c(C)c(C)c(Br)c(C)c1CN(C)C(=O)CC#N. The van der Waals surface area contributed by atoms with Crippen LogP contribution in [0, 0.1) is 32.1 Å². The van der Waals surface area contributed by atoms with Crippen LogP contribution in [0.25, 0.3) is 0 Å². The van der Waals surface area contributed by atoms with E-state index in [1.165, 1.54) is 0 Å². The Kier molecular flexibility index (Phi) is 5.58. The zero-order chi connectivity index (χ0) is 15.4. The molecule has 1 amide bonds. The Morgan fingerprint density at radius 3 is 2.40 bits per heavy atom. The number of halogens is 1. The zero-order valence-corrected chi connectivity index (χ0v) is 14.1. The van der Waals surface area contributed by atoms with Gasteiger partial charge in [0, 0.05) is 23.6 Å². The predicted molar refractivity (Wildman–Crippen MR) is 81.6 cm³/mol. The van der Waals surface area contributed by atoms with Crippen molar-refractivity contribution >= 4 is 21.8 Å². The molecular formula is C15H19BrN2O2. The van der Waals surface area contributed by atoms with Crippen LogP contribution in [0.15, 0.2) is 4.47 Å². The van der Waals surface area contributed by atoms with E-state index >= 15 is 0 Å². The minimum absolute atomic E-state index is 0.107. The molecule has 0 heterocycles. The molecule has 4 nitrogen and oxygen atoms in total. The van der Waals surface area contributed by atoms with Gasteiger partial charge in [-0.15, -0.1) is 0 Å².